The van der Waals surface area contributed by atoms with E-state index in [9.17, 15) is 4.79 Å². The van der Waals surface area contributed by atoms with E-state index in [0.29, 0.717) is 5.75 Å². The molecule has 0 bridgehead atoms. The first-order valence-corrected chi connectivity index (χ1v) is 7.08. The normalized spacial score (nSPS) is 10.6. The van der Waals surface area contributed by atoms with E-state index in [-0.39, 0.29) is 6.61 Å². The molecule has 0 aliphatic heterocycles. The second-order valence-corrected chi connectivity index (χ2v) is 5.21. The van der Waals surface area contributed by atoms with Crippen LogP contribution in [0.1, 0.15) is 5.56 Å². The van der Waals surface area contributed by atoms with Gasteiger partial charge in [0.25, 0.3) is 0 Å². The lowest BCUT2D eigenvalue weighted by Gasteiger charge is -2.14. The second-order valence-electron chi connectivity index (χ2n) is 5.21. The number of hydrogen-bond donors (Lipinski definition) is 1. The number of ether oxygens (including phenoxy) is 1. The molecular formula is C19H16O3. The van der Waals surface area contributed by atoms with E-state index >= 15 is 0 Å². The average molecular weight is 292 g/mol. The summed E-state index contributed by atoms with van der Waals surface area (Å²) in [4.78, 5) is 10.8. The number of carboxylic acids is 1. The Bertz CT molecular complexity index is 820. The highest BCUT2D eigenvalue weighted by atomic mass is 16.5. The van der Waals surface area contributed by atoms with E-state index in [4.69, 9.17) is 9.84 Å². The van der Waals surface area contributed by atoms with Gasteiger partial charge in [-0.3, -0.25) is 0 Å². The summed E-state index contributed by atoms with van der Waals surface area (Å²) in [6.45, 7) is 1.69. The number of carbonyl (C=O) groups is 1. The van der Waals surface area contributed by atoms with Crippen LogP contribution in [0.15, 0.2) is 60.7 Å². The minimum Gasteiger partial charge on any atom is -0.481 e. The summed E-state index contributed by atoms with van der Waals surface area (Å²) in [5.74, 6) is -0.395. The third-order valence-electron chi connectivity index (χ3n) is 3.58. The minimum absolute atomic E-state index is 0.350. The summed E-state index contributed by atoms with van der Waals surface area (Å²) in [6.07, 6.45) is 0. The van der Waals surface area contributed by atoms with Gasteiger partial charge in [-0.25, -0.2) is 4.79 Å². The van der Waals surface area contributed by atoms with Crippen molar-refractivity contribution in [1.82, 2.24) is 0 Å². The highest BCUT2D eigenvalue weighted by molar-refractivity contribution is 5.99. The molecule has 110 valence electrons. The molecule has 0 amide bonds. The molecule has 0 aromatic heterocycles. The van der Waals surface area contributed by atoms with Gasteiger partial charge < -0.3 is 9.84 Å². The number of aliphatic carboxylic acids is 1. The van der Waals surface area contributed by atoms with Gasteiger partial charge in [-0.15, -0.1) is 0 Å². The number of benzene rings is 3. The molecule has 0 unspecified atom stereocenters. The molecule has 0 aliphatic carbocycles. The Hall–Kier alpha value is -2.81. The van der Waals surface area contributed by atoms with Crippen molar-refractivity contribution in [3.05, 3.63) is 66.2 Å². The summed E-state index contributed by atoms with van der Waals surface area (Å²) in [7, 11) is 0. The fourth-order valence-corrected chi connectivity index (χ4v) is 2.53. The van der Waals surface area contributed by atoms with Gasteiger partial charge in [0.2, 0.25) is 0 Å². The van der Waals surface area contributed by atoms with E-state index in [2.05, 4.69) is 0 Å². The van der Waals surface area contributed by atoms with Crippen molar-refractivity contribution < 1.29 is 14.6 Å². The quantitative estimate of drug-likeness (QED) is 0.780. The van der Waals surface area contributed by atoms with Crippen LogP contribution >= 0.6 is 0 Å². The van der Waals surface area contributed by atoms with Crippen LogP contribution in [-0.2, 0) is 4.79 Å². The molecule has 1 N–H and O–H groups in total. The predicted octanol–water partition coefficient (Wildman–Crippen LogP) is 4.28. The summed E-state index contributed by atoms with van der Waals surface area (Å²) in [5.41, 5.74) is 3.12. The molecule has 3 aromatic carbocycles. The number of fused-ring (bicyclic) bond motifs is 1. The molecule has 0 atom stereocenters. The molecule has 0 heterocycles. The minimum atomic E-state index is -0.983. The van der Waals surface area contributed by atoms with Crippen LogP contribution in [0.5, 0.6) is 5.75 Å². The van der Waals surface area contributed by atoms with E-state index in [1.54, 1.807) is 0 Å². The molecule has 3 nitrogen and oxygen atoms in total. The molecule has 3 rings (SSSR count). The predicted molar refractivity (Wildman–Crippen MR) is 87.3 cm³/mol. The SMILES string of the molecule is Cc1ccc(-c2c(OCC(=O)O)ccc3ccccc23)cc1. The van der Waals surface area contributed by atoms with Crippen LogP contribution in [0.3, 0.4) is 0 Å². The van der Waals surface area contributed by atoms with Crippen molar-refractivity contribution in [3.63, 3.8) is 0 Å². The summed E-state index contributed by atoms with van der Waals surface area (Å²) in [6, 6.07) is 19.9. The maximum atomic E-state index is 10.8. The molecule has 0 aliphatic rings. The topological polar surface area (TPSA) is 46.5 Å². The molecule has 22 heavy (non-hydrogen) atoms. The van der Waals surface area contributed by atoms with Gasteiger partial charge in [-0.2, -0.15) is 0 Å². The van der Waals surface area contributed by atoms with E-state index in [1.807, 2.05) is 67.6 Å². The molecule has 0 fully saturated rings. The van der Waals surface area contributed by atoms with Crippen LogP contribution < -0.4 is 4.74 Å². The van der Waals surface area contributed by atoms with Crippen molar-refractivity contribution in [3.8, 4) is 16.9 Å². The zero-order chi connectivity index (χ0) is 15.5. The first-order chi connectivity index (χ1) is 10.6. The first kappa shape index (κ1) is 14.1. The zero-order valence-corrected chi connectivity index (χ0v) is 12.2. The molecule has 0 spiro atoms. The lowest BCUT2D eigenvalue weighted by atomic mass is 9.96. The molecule has 0 saturated carbocycles. The van der Waals surface area contributed by atoms with E-state index in [1.165, 1.54) is 5.56 Å². The summed E-state index contributed by atoms with van der Waals surface area (Å²) in [5, 5.41) is 11.0. The van der Waals surface area contributed by atoms with E-state index < -0.39 is 5.97 Å². The number of aryl methyl sites for hydroxylation is 1. The van der Waals surface area contributed by atoms with Crippen LogP contribution in [0.2, 0.25) is 0 Å². The van der Waals surface area contributed by atoms with E-state index in [0.717, 1.165) is 21.9 Å². The highest BCUT2D eigenvalue weighted by Gasteiger charge is 2.12. The Balaban J connectivity index is 2.19. The van der Waals surface area contributed by atoms with Gasteiger partial charge in [0.05, 0.1) is 0 Å². The van der Waals surface area contributed by atoms with Crippen molar-refractivity contribution in [1.29, 1.82) is 0 Å². The van der Waals surface area contributed by atoms with Gasteiger partial charge in [0.15, 0.2) is 6.61 Å². The Morgan fingerprint density at radius 1 is 1.00 bits per heavy atom. The van der Waals surface area contributed by atoms with Gasteiger partial charge in [0.1, 0.15) is 5.75 Å². The van der Waals surface area contributed by atoms with Crippen molar-refractivity contribution in [2.75, 3.05) is 6.61 Å². The smallest absolute Gasteiger partial charge is 0.341 e. The second kappa shape index (κ2) is 5.90. The Morgan fingerprint density at radius 2 is 1.73 bits per heavy atom. The van der Waals surface area contributed by atoms with Crippen molar-refractivity contribution in [2.24, 2.45) is 0 Å². The molecule has 0 saturated heterocycles. The molecular weight excluding hydrogens is 276 g/mol. The standard InChI is InChI=1S/C19H16O3/c1-13-6-8-15(9-7-13)19-16-5-3-2-4-14(16)10-11-17(19)22-12-18(20)21/h2-11H,12H2,1H3,(H,20,21). The molecule has 3 heteroatoms. The fourth-order valence-electron chi connectivity index (χ4n) is 2.53. The van der Waals surface area contributed by atoms with Crippen LogP contribution in [-0.4, -0.2) is 17.7 Å². The molecule has 3 aromatic rings. The third-order valence-corrected chi connectivity index (χ3v) is 3.58. The lowest BCUT2D eigenvalue weighted by molar-refractivity contribution is -0.139. The monoisotopic (exact) mass is 292 g/mol. The van der Waals surface area contributed by atoms with Crippen LogP contribution in [0, 0.1) is 6.92 Å². The number of rotatable bonds is 4. The van der Waals surface area contributed by atoms with Crippen molar-refractivity contribution >= 4 is 16.7 Å². The third kappa shape index (κ3) is 2.79. The Morgan fingerprint density at radius 3 is 2.45 bits per heavy atom. The summed E-state index contributed by atoms with van der Waals surface area (Å²) < 4.78 is 5.49. The summed E-state index contributed by atoms with van der Waals surface area (Å²) >= 11 is 0. The van der Waals surface area contributed by atoms with Crippen molar-refractivity contribution in [2.45, 2.75) is 6.92 Å². The van der Waals surface area contributed by atoms with Crippen LogP contribution in [0.25, 0.3) is 21.9 Å². The lowest BCUT2D eigenvalue weighted by Crippen LogP contribution is -2.10. The highest BCUT2D eigenvalue weighted by Crippen LogP contribution is 2.37. The van der Waals surface area contributed by atoms with Gasteiger partial charge >= 0.3 is 5.97 Å². The van der Waals surface area contributed by atoms with Gasteiger partial charge in [-0.05, 0) is 29.3 Å². The molecule has 0 radical (unpaired) electrons. The average Bonchev–Trinajstić information content (AvgIpc) is 2.53. The number of carboxylic acid groups (broad SMARTS) is 1. The first-order valence-electron chi connectivity index (χ1n) is 7.08. The zero-order valence-electron chi connectivity index (χ0n) is 12.2. The Labute approximate surface area is 128 Å². The number of hydrogen-bond acceptors (Lipinski definition) is 2. The maximum absolute atomic E-state index is 10.8. The Kier molecular flexibility index (Phi) is 3.79. The van der Waals surface area contributed by atoms with Gasteiger partial charge in [0, 0.05) is 5.56 Å². The van der Waals surface area contributed by atoms with Crippen LogP contribution in [0.4, 0.5) is 0 Å². The maximum Gasteiger partial charge on any atom is 0.341 e. The van der Waals surface area contributed by atoms with Gasteiger partial charge in [-0.1, -0.05) is 60.2 Å². The fraction of sp³-hybridized carbons (Fsp3) is 0.105. The largest absolute Gasteiger partial charge is 0.481 e.